The van der Waals surface area contributed by atoms with Crippen molar-refractivity contribution in [2.75, 3.05) is 20.1 Å². The minimum atomic E-state index is 0.0766. The Labute approximate surface area is 88.4 Å². The summed E-state index contributed by atoms with van der Waals surface area (Å²) < 4.78 is 0. The van der Waals surface area contributed by atoms with Crippen LogP contribution in [0.2, 0.25) is 0 Å². The number of nitrogens with zero attached hydrogens (tertiary/aromatic N) is 2. The molecule has 0 radical (unpaired) electrons. The van der Waals surface area contributed by atoms with E-state index >= 15 is 0 Å². The summed E-state index contributed by atoms with van der Waals surface area (Å²) >= 11 is 1.56. The van der Waals surface area contributed by atoms with E-state index in [1.165, 1.54) is 25.1 Å². The Morgan fingerprint density at radius 3 is 3.21 bits per heavy atom. The minimum absolute atomic E-state index is 0.0766. The smallest absolute Gasteiger partial charge is 0.118 e. The first-order chi connectivity index (χ1) is 6.79. The molecule has 1 unspecified atom stereocenters. The van der Waals surface area contributed by atoms with Crippen LogP contribution in [0.15, 0.2) is 5.38 Å². The molecule has 1 fully saturated rings. The number of hydrogen-bond donors (Lipinski definition) is 1. The molecular weight excluding hydrogens is 196 g/mol. The van der Waals surface area contributed by atoms with Gasteiger partial charge in [-0.25, -0.2) is 4.98 Å². The topological polar surface area (TPSA) is 36.4 Å². The lowest BCUT2D eigenvalue weighted by atomic mass is 9.96. The van der Waals surface area contributed by atoms with Crippen molar-refractivity contribution >= 4 is 11.3 Å². The third kappa shape index (κ3) is 2.13. The molecule has 1 N–H and O–H groups in total. The lowest BCUT2D eigenvalue weighted by Gasteiger charge is -2.28. The molecule has 78 valence electrons. The molecule has 0 aromatic carbocycles. The van der Waals surface area contributed by atoms with Gasteiger partial charge in [0.15, 0.2) is 0 Å². The predicted molar refractivity (Wildman–Crippen MR) is 57.5 cm³/mol. The summed E-state index contributed by atoms with van der Waals surface area (Å²) in [5.74, 6) is 0.574. The van der Waals surface area contributed by atoms with Crippen LogP contribution in [0.1, 0.15) is 29.5 Å². The van der Waals surface area contributed by atoms with E-state index in [1.54, 1.807) is 11.3 Å². The van der Waals surface area contributed by atoms with E-state index in [-0.39, 0.29) is 6.61 Å². The first-order valence-corrected chi connectivity index (χ1v) is 5.91. The Morgan fingerprint density at radius 1 is 1.71 bits per heavy atom. The number of likely N-dealkylation sites (tertiary alicyclic amines) is 1. The number of aliphatic hydroxyl groups excluding tert-OH is 1. The van der Waals surface area contributed by atoms with Gasteiger partial charge in [0.1, 0.15) is 5.01 Å². The molecule has 0 aliphatic carbocycles. The maximum atomic E-state index is 8.94. The van der Waals surface area contributed by atoms with Gasteiger partial charge in [-0.3, -0.25) is 0 Å². The van der Waals surface area contributed by atoms with E-state index in [1.807, 2.05) is 0 Å². The molecule has 2 heterocycles. The van der Waals surface area contributed by atoms with Crippen molar-refractivity contribution in [2.45, 2.75) is 25.4 Å². The van der Waals surface area contributed by atoms with Gasteiger partial charge in [-0.15, -0.1) is 11.3 Å². The fourth-order valence-electron chi connectivity index (χ4n) is 1.99. The van der Waals surface area contributed by atoms with Crippen LogP contribution in [0, 0.1) is 0 Å². The molecule has 14 heavy (non-hydrogen) atoms. The van der Waals surface area contributed by atoms with Crippen LogP contribution in [0.25, 0.3) is 0 Å². The van der Waals surface area contributed by atoms with Crippen LogP contribution >= 0.6 is 11.3 Å². The standard InChI is InChI=1S/C10H16N2OS/c1-12-4-2-3-8(5-12)9-7-14-10(6-13)11-9/h7-8,13H,2-6H2,1H3. The van der Waals surface area contributed by atoms with E-state index in [4.69, 9.17) is 5.11 Å². The number of aromatic nitrogens is 1. The first-order valence-electron chi connectivity index (χ1n) is 5.03. The molecule has 1 saturated heterocycles. The maximum absolute atomic E-state index is 8.94. The molecule has 1 aliphatic heterocycles. The van der Waals surface area contributed by atoms with Crippen molar-refractivity contribution < 1.29 is 5.11 Å². The Kier molecular flexibility index (Phi) is 3.15. The number of rotatable bonds is 2. The van der Waals surface area contributed by atoms with Gasteiger partial charge in [0, 0.05) is 17.8 Å². The highest BCUT2D eigenvalue weighted by Gasteiger charge is 2.20. The molecule has 2 rings (SSSR count). The van der Waals surface area contributed by atoms with Crippen LogP contribution in [0.4, 0.5) is 0 Å². The summed E-state index contributed by atoms with van der Waals surface area (Å²) in [6.07, 6.45) is 2.49. The molecular formula is C10H16N2OS. The largest absolute Gasteiger partial charge is 0.389 e. The molecule has 0 bridgehead atoms. The second-order valence-corrected chi connectivity index (χ2v) is 4.87. The summed E-state index contributed by atoms with van der Waals surface area (Å²) in [5.41, 5.74) is 1.17. The first kappa shape index (κ1) is 10.1. The van der Waals surface area contributed by atoms with Crippen molar-refractivity contribution in [3.05, 3.63) is 16.1 Å². The van der Waals surface area contributed by atoms with Crippen molar-refractivity contribution in [3.63, 3.8) is 0 Å². The number of likely N-dealkylation sites (N-methyl/N-ethyl adjacent to an activating group) is 1. The monoisotopic (exact) mass is 212 g/mol. The van der Waals surface area contributed by atoms with Crippen LogP contribution < -0.4 is 0 Å². The number of aliphatic hydroxyl groups is 1. The van der Waals surface area contributed by atoms with Crippen molar-refractivity contribution in [2.24, 2.45) is 0 Å². The Bertz CT molecular complexity index is 300. The lowest BCUT2D eigenvalue weighted by molar-refractivity contribution is 0.247. The number of hydrogen-bond acceptors (Lipinski definition) is 4. The van der Waals surface area contributed by atoms with Crippen molar-refractivity contribution in [3.8, 4) is 0 Å². The third-order valence-corrected chi connectivity index (χ3v) is 3.60. The molecule has 3 nitrogen and oxygen atoms in total. The second kappa shape index (κ2) is 4.38. The summed E-state index contributed by atoms with van der Waals surface area (Å²) in [6.45, 7) is 2.38. The highest BCUT2D eigenvalue weighted by atomic mass is 32.1. The van der Waals surface area contributed by atoms with E-state index in [0.29, 0.717) is 5.92 Å². The van der Waals surface area contributed by atoms with Gasteiger partial charge in [-0.2, -0.15) is 0 Å². The average Bonchev–Trinajstić information content (AvgIpc) is 2.66. The molecule has 1 aromatic heterocycles. The Balaban J connectivity index is 2.06. The Morgan fingerprint density at radius 2 is 2.57 bits per heavy atom. The van der Waals surface area contributed by atoms with Gasteiger partial charge in [-0.05, 0) is 26.4 Å². The normalized spacial score (nSPS) is 24.0. The SMILES string of the molecule is CN1CCCC(c2csc(CO)n2)C1. The number of piperidine rings is 1. The fraction of sp³-hybridized carbons (Fsp3) is 0.700. The van der Waals surface area contributed by atoms with Gasteiger partial charge in [0.05, 0.1) is 12.3 Å². The number of thiazole rings is 1. The van der Waals surface area contributed by atoms with E-state index in [2.05, 4.69) is 22.3 Å². The van der Waals surface area contributed by atoms with Gasteiger partial charge >= 0.3 is 0 Å². The van der Waals surface area contributed by atoms with Gasteiger partial charge in [-0.1, -0.05) is 0 Å². The molecule has 0 amide bonds. The Hall–Kier alpha value is -0.450. The summed E-state index contributed by atoms with van der Waals surface area (Å²) in [7, 11) is 2.16. The van der Waals surface area contributed by atoms with E-state index in [0.717, 1.165) is 11.6 Å². The van der Waals surface area contributed by atoms with Crippen LogP contribution in [0.5, 0.6) is 0 Å². The van der Waals surface area contributed by atoms with E-state index in [9.17, 15) is 0 Å². The van der Waals surface area contributed by atoms with Crippen LogP contribution in [-0.2, 0) is 6.61 Å². The predicted octanol–water partition coefficient (Wildman–Crippen LogP) is 1.44. The molecule has 4 heteroatoms. The molecule has 1 aromatic rings. The summed E-state index contributed by atoms with van der Waals surface area (Å²) in [4.78, 5) is 6.78. The van der Waals surface area contributed by atoms with Gasteiger partial charge in [0.25, 0.3) is 0 Å². The zero-order valence-electron chi connectivity index (χ0n) is 8.44. The highest BCUT2D eigenvalue weighted by molar-refractivity contribution is 7.09. The molecule has 1 aliphatic rings. The third-order valence-electron chi connectivity index (χ3n) is 2.75. The van der Waals surface area contributed by atoms with Gasteiger partial charge in [0.2, 0.25) is 0 Å². The van der Waals surface area contributed by atoms with Gasteiger partial charge < -0.3 is 10.0 Å². The highest BCUT2D eigenvalue weighted by Crippen LogP contribution is 2.27. The summed E-state index contributed by atoms with van der Waals surface area (Å²) in [5, 5.41) is 11.9. The zero-order chi connectivity index (χ0) is 9.97. The zero-order valence-corrected chi connectivity index (χ0v) is 9.26. The molecule has 0 saturated carbocycles. The van der Waals surface area contributed by atoms with Crippen LogP contribution in [-0.4, -0.2) is 35.1 Å². The van der Waals surface area contributed by atoms with Crippen LogP contribution in [0.3, 0.4) is 0 Å². The van der Waals surface area contributed by atoms with E-state index < -0.39 is 0 Å². The average molecular weight is 212 g/mol. The molecule has 1 atom stereocenters. The quantitative estimate of drug-likeness (QED) is 0.806. The van der Waals surface area contributed by atoms with Crippen molar-refractivity contribution in [1.29, 1.82) is 0 Å². The summed E-state index contributed by atoms with van der Waals surface area (Å²) in [6, 6.07) is 0. The maximum Gasteiger partial charge on any atom is 0.118 e. The minimum Gasteiger partial charge on any atom is -0.389 e. The molecule has 0 spiro atoms. The fourth-order valence-corrected chi connectivity index (χ4v) is 2.73. The van der Waals surface area contributed by atoms with Crippen molar-refractivity contribution in [1.82, 2.24) is 9.88 Å². The second-order valence-electron chi connectivity index (χ2n) is 3.93. The lowest BCUT2D eigenvalue weighted by Crippen LogP contribution is -2.30.